The number of nitrogens with one attached hydrogen (secondary N) is 2. The predicted molar refractivity (Wildman–Crippen MR) is 108 cm³/mol. The average Bonchev–Trinajstić information content (AvgIpc) is 2.91. The van der Waals surface area contributed by atoms with Gasteiger partial charge in [-0.25, -0.2) is 0 Å². The smallest absolute Gasteiger partial charge is 0.386 e. The molecule has 1 aromatic carbocycles. The zero-order valence-corrected chi connectivity index (χ0v) is 17.5. The quantitative estimate of drug-likeness (QED) is 0.492. The van der Waals surface area contributed by atoms with Gasteiger partial charge in [-0.2, -0.15) is 18.4 Å². The lowest BCUT2D eigenvalue weighted by atomic mass is 9.61. The lowest BCUT2D eigenvalue weighted by Crippen LogP contribution is -2.52. The van der Waals surface area contributed by atoms with E-state index in [2.05, 4.69) is 25.2 Å². The Bertz CT molecular complexity index is 836. The maximum absolute atomic E-state index is 13.2. The van der Waals surface area contributed by atoms with Crippen LogP contribution in [0.5, 0.6) is 0 Å². The molecule has 0 bridgehead atoms. The van der Waals surface area contributed by atoms with Crippen molar-refractivity contribution in [3.05, 3.63) is 34.9 Å². The van der Waals surface area contributed by atoms with Crippen molar-refractivity contribution in [1.82, 2.24) is 5.32 Å². The number of ether oxygens (including phenoxy) is 1. The summed E-state index contributed by atoms with van der Waals surface area (Å²) in [4.78, 5) is 0. The fraction of sp³-hybridized carbons (Fsp3) is 0.636. The molecule has 5 nitrogen and oxygen atoms in total. The number of benzene rings is 1. The summed E-state index contributed by atoms with van der Waals surface area (Å²) in [6.45, 7) is 4.23. The van der Waals surface area contributed by atoms with Gasteiger partial charge in [0.1, 0.15) is 5.84 Å². The SMILES string of the molecule is COC1C(C)CC2(Cc3ccc(C#N)cc3C2NC(CC(F)(F)F)C(=N)N)CC1C. The molecule has 2 aliphatic rings. The van der Waals surface area contributed by atoms with Gasteiger partial charge in [0.05, 0.1) is 30.2 Å². The molecule has 0 saturated heterocycles. The summed E-state index contributed by atoms with van der Waals surface area (Å²) in [7, 11) is 1.70. The Labute approximate surface area is 175 Å². The van der Waals surface area contributed by atoms with Crippen molar-refractivity contribution < 1.29 is 17.9 Å². The number of fused-ring (bicyclic) bond motifs is 1. The summed E-state index contributed by atoms with van der Waals surface area (Å²) in [5.74, 6) is -0.0728. The van der Waals surface area contributed by atoms with Gasteiger partial charge < -0.3 is 10.5 Å². The first kappa shape index (κ1) is 22.6. The molecular formula is C22H29F3N4O. The zero-order valence-electron chi connectivity index (χ0n) is 17.5. The molecule has 1 saturated carbocycles. The van der Waals surface area contributed by atoms with Crippen LogP contribution >= 0.6 is 0 Å². The summed E-state index contributed by atoms with van der Waals surface area (Å²) in [5, 5.41) is 20.2. The van der Waals surface area contributed by atoms with E-state index in [4.69, 9.17) is 15.9 Å². The van der Waals surface area contributed by atoms with Crippen molar-refractivity contribution in [2.24, 2.45) is 23.0 Å². The van der Waals surface area contributed by atoms with Crippen molar-refractivity contribution in [2.75, 3.05) is 7.11 Å². The summed E-state index contributed by atoms with van der Waals surface area (Å²) < 4.78 is 45.2. The highest BCUT2D eigenvalue weighted by Gasteiger charge is 2.53. The number of amidine groups is 1. The second kappa shape index (κ2) is 8.20. The molecule has 4 atom stereocenters. The van der Waals surface area contributed by atoms with Crippen LogP contribution in [-0.4, -0.2) is 31.3 Å². The molecule has 4 N–H and O–H groups in total. The van der Waals surface area contributed by atoms with Crippen molar-refractivity contribution in [3.8, 4) is 6.07 Å². The third-order valence-electron chi connectivity index (χ3n) is 6.77. The highest BCUT2D eigenvalue weighted by atomic mass is 19.4. The fourth-order valence-corrected chi connectivity index (χ4v) is 5.87. The van der Waals surface area contributed by atoms with E-state index < -0.39 is 30.5 Å². The van der Waals surface area contributed by atoms with Gasteiger partial charge >= 0.3 is 6.18 Å². The number of nitrogens with zero attached hydrogens (tertiary/aromatic N) is 1. The van der Waals surface area contributed by atoms with Gasteiger partial charge in [0, 0.05) is 13.2 Å². The lowest BCUT2D eigenvalue weighted by molar-refractivity contribution is -0.138. The molecule has 0 heterocycles. The van der Waals surface area contributed by atoms with Crippen molar-refractivity contribution in [3.63, 3.8) is 0 Å². The molecule has 0 amide bonds. The molecule has 2 aliphatic carbocycles. The largest absolute Gasteiger partial charge is 0.391 e. The van der Waals surface area contributed by atoms with E-state index >= 15 is 0 Å². The Hall–Kier alpha value is -2.11. The van der Waals surface area contributed by atoms with Crippen LogP contribution in [0.1, 0.15) is 55.8 Å². The molecule has 30 heavy (non-hydrogen) atoms. The number of methoxy groups -OCH3 is 1. The topological polar surface area (TPSA) is 94.9 Å². The van der Waals surface area contributed by atoms with Crippen LogP contribution in [0.3, 0.4) is 0 Å². The maximum atomic E-state index is 13.2. The van der Waals surface area contributed by atoms with Crippen LogP contribution in [0.2, 0.25) is 0 Å². The van der Waals surface area contributed by atoms with Gasteiger partial charge in [0.2, 0.25) is 0 Å². The van der Waals surface area contributed by atoms with Crippen molar-refractivity contribution >= 4 is 5.84 Å². The van der Waals surface area contributed by atoms with Crippen LogP contribution in [0, 0.1) is 34.0 Å². The molecule has 8 heteroatoms. The molecule has 1 spiro atoms. The summed E-state index contributed by atoms with van der Waals surface area (Å²) in [5.41, 5.74) is 7.60. The Morgan fingerprint density at radius 1 is 1.37 bits per heavy atom. The van der Waals surface area contributed by atoms with Crippen molar-refractivity contribution in [2.45, 2.75) is 63.9 Å². The molecule has 4 unspecified atom stereocenters. The number of nitriles is 1. The highest BCUT2D eigenvalue weighted by Crippen LogP contribution is 2.57. The predicted octanol–water partition coefficient (Wildman–Crippen LogP) is 4.07. The van der Waals surface area contributed by atoms with Gasteiger partial charge in [-0.1, -0.05) is 19.9 Å². The van der Waals surface area contributed by atoms with Gasteiger partial charge in [0.25, 0.3) is 0 Å². The van der Waals surface area contributed by atoms with Crippen LogP contribution in [0.25, 0.3) is 0 Å². The fourth-order valence-electron chi connectivity index (χ4n) is 5.87. The van der Waals surface area contributed by atoms with Gasteiger partial charge in [-0.3, -0.25) is 10.7 Å². The van der Waals surface area contributed by atoms with Crippen molar-refractivity contribution in [1.29, 1.82) is 10.7 Å². The number of hydrogen-bond donors (Lipinski definition) is 3. The van der Waals surface area contributed by atoms with Crippen LogP contribution < -0.4 is 11.1 Å². The standard InChI is InChI=1S/C22H29F3N4O/c1-12-7-21(8-13(2)18(12)30-3)9-15-5-4-14(11-26)6-16(15)19(21)29-17(20(27)28)10-22(23,24)25/h4-6,12-13,17-19,29H,7-10H2,1-3H3,(H3,27,28). The van der Waals surface area contributed by atoms with E-state index in [-0.39, 0.29) is 23.4 Å². The Balaban J connectivity index is 2.02. The van der Waals surface area contributed by atoms with E-state index in [1.54, 1.807) is 19.2 Å². The number of hydrogen-bond acceptors (Lipinski definition) is 4. The minimum absolute atomic E-state index is 0.0911. The molecule has 0 aromatic heterocycles. The lowest BCUT2D eigenvalue weighted by Gasteiger charge is -2.48. The number of halogens is 3. The van der Waals surface area contributed by atoms with Gasteiger partial charge in [-0.15, -0.1) is 0 Å². The van der Waals surface area contributed by atoms with Gasteiger partial charge in [0.15, 0.2) is 0 Å². The normalized spacial score (nSPS) is 31.9. The maximum Gasteiger partial charge on any atom is 0.391 e. The Morgan fingerprint density at radius 3 is 2.50 bits per heavy atom. The first-order valence-electron chi connectivity index (χ1n) is 10.2. The van der Waals surface area contributed by atoms with Crippen LogP contribution in [0.4, 0.5) is 13.2 Å². The molecule has 0 aliphatic heterocycles. The third kappa shape index (κ3) is 4.33. The first-order valence-corrected chi connectivity index (χ1v) is 10.2. The minimum atomic E-state index is -4.44. The minimum Gasteiger partial charge on any atom is -0.386 e. The van der Waals surface area contributed by atoms with E-state index in [1.165, 1.54) is 0 Å². The average molecular weight is 422 g/mol. The highest BCUT2D eigenvalue weighted by molar-refractivity contribution is 5.82. The molecule has 1 fully saturated rings. The molecule has 0 radical (unpaired) electrons. The second-order valence-corrected chi connectivity index (χ2v) is 9.05. The second-order valence-electron chi connectivity index (χ2n) is 9.05. The van der Waals surface area contributed by atoms with E-state index in [0.29, 0.717) is 12.0 Å². The number of rotatable bonds is 5. The zero-order chi connectivity index (χ0) is 22.3. The van der Waals surface area contributed by atoms with E-state index in [0.717, 1.165) is 24.0 Å². The third-order valence-corrected chi connectivity index (χ3v) is 6.77. The first-order chi connectivity index (χ1) is 14.0. The van der Waals surface area contributed by atoms with Gasteiger partial charge in [-0.05, 0) is 59.8 Å². The van der Waals surface area contributed by atoms with E-state index in [1.807, 2.05) is 6.07 Å². The van der Waals surface area contributed by atoms with Crippen LogP contribution in [0.15, 0.2) is 18.2 Å². The monoisotopic (exact) mass is 422 g/mol. The Morgan fingerprint density at radius 2 is 2.00 bits per heavy atom. The molecule has 3 rings (SSSR count). The number of alkyl halides is 3. The van der Waals surface area contributed by atoms with Crippen LogP contribution in [-0.2, 0) is 11.2 Å². The molecular weight excluding hydrogens is 393 g/mol. The number of nitrogens with two attached hydrogens (primary N) is 1. The Kier molecular flexibility index (Phi) is 6.17. The van der Waals surface area contributed by atoms with E-state index in [9.17, 15) is 18.4 Å². The molecule has 164 valence electrons. The molecule has 1 aromatic rings. The summed E-state index contributed by atoms with van der Waals surface area (Å²) >= 11 is 0. The summed E-state index contributed by atoms with van der Waals surface area (Å²) in [6.07, 6.45) is -3.28. The summed E-state index contributed by atoms with van der Waals surface area (Å²) in [6, 6.07) is 5.82.